The van der Waals surface area contributed by atoms with Crippen LogP contribution in [0.1, 0.15) is 31.4 Å². The fourth-order valence-electron chi connectivity index (χ4n) is 2.37. The van der Waals surface area contributed by atoms with E-state index in [1.54, 1.807) is 4.90 Å². The number of carbonyl (C=O) groups excluding carboxylic acids is 2. The van der Waals surface area contributed by atoms with Gasteiger partial charge < -0.3 is 9.64 Å². The maximum atomic E-state index is 12.0. The smallest absolute Gasteiger partial charge is 0.313 e. The van der Waals surface area contributed by atoms with Crippen LogP contribution in [0.3, 0.4) is 0 Å². The summed E-state index contributed by atoms with van der Waals surface area (Å²) in [6.07, 6.45) is 1.39. The van der Waals surface area contributed by atoms with Crippen molar-refractivity contribution < 1.29 is 14.3 Å². The van der Waals surface area contributed by atoms with Crippen LogP contribution in [0.15, 0.2) is 18.2 Å². The van der Waals surface area contributed by atoms with Gasteiger partial charge in [-0.15, -0.1) is 0 Å². The molecule has 0 spiro atoms. The summed E-state index contributed by atoms with van der Waals surface area (Å²) in [5.74, 6) is -0.293. The van der Waals surface area contributed by atoms with Gasteiger partial charge in [-0.05, 0) is 38.3 Å². The van der Waals surface area contributed by atoms with Gasteiger partial charge in [0.1, 0.15) is 0 Å². The minimum absolute atomic E-state index is 0.293. The van der Waals surface area contributed by atoms with Crippen LogP contribution in [0.5, 0.6) is 0 Å². The highest BCUT2D eigenvalue weighted by atomic mass is 16.5. The number of esters is 1. The highest BCUT2D eigenvalue weighted by Crippen LogP contribution is 2.30. The summed E-state index contributed by atoms with van der Waals surface area (Å²) in [7, 11) is 1.38. The van der Waals surface area contributed by atoms with Crippen LogP contribution in [0.25, 0.3) is 0 Å². The highest BCUT2D eigenvalue weighted by molar-refractivity contribution is 5.83. The van der Waals surface area contributed by atoms with E-state index in [4.69, 9.17) is 4.74 Å². The van der Waals surface area contributed by atoms with Crippen LogP contribution >= 0.6 is 0 Å². The number of benzene rings is 1. The van der Waals surface area contributed by atoms with Crippen LogP contribution in [0, 0.1) is 19.3 Å². The van der Waals surface area contributed by atoms with Crippen molar-refractivity contribution in [3.63, 3.8) is 0 Å². The van der Waals surface area contributed by atoms with Gasteiger partial charge in [-0.3, -0.25) is 9.59 Å². The number of aryl methyl sites for hydroxylation is 2. The molecular formula is C16H23NO3. The van der Waals surface area contributed by atoms with E-state index < -0.39 is 5.41 Å². The zero-order valence-electron chi connectivity index (χ0n) is 12.9. The fourth-order valence-corrected chi connectivity index (χ4v) is 2.37. The third-order valence-electron chi connectivity index (χ3n) is 3.83. The third-order valence-corrected chi connectivity index (χ3v) is 3.83. The molecule has 0 radical (unpaired) electrons. The average Bonchev–Trinajstić information content (AvgIpc) is 2.44. The number of rotatable bonds is 6. The molecule has 0 aromatic heterocycles. The molecule has 4 heteroatoms. The van der Waals surface area contributed by atoms with Gasteiger partial charge in [0.05, 0.1) is 12.5 Å². The molecule has 1 rings (SSSR count). The Balaban J connectivity index is 3.15. The van der Waals surface area contributed by atoms with E-state index in [1.165, 1.54) is 7.11 Å². The first kappa shape index (κ1) is 16.2. The molecule has 1 aromatic carbocycles. The van der Waals surface area contributed by atoms with Gasteiger partial charge in [0, 0.05) is 12.2 Å². The van der Waals surface area contributed by atoms with Crippen molar-refractivity contribution in [1.29, 1.82) is 0 Å². The van der Waals surface area contributed by atoms with Gasteiger partial charge in [0.25, 0.3) is 0 Å². The molecule has 4 nitrogen and oxygen atoms in total. The first-order chi connectivity index (χ1) is 9.39. The van der Waals surface area contributed by atoms with Crippen LogP contribution in [-0.2, 0) is 14.3 Å². The minimum Gasteiger partial charge on any atom is -0.469 e. The molecule has 0 aliphatic rings. The second kappa shape index (κ2) is 6.55. The zero-order valence-corrected chi connectivity index (χ0v) is 12.9. The van der Waals surface area contributed by atoms with Gasteiger partial charge in [-0.25, -0.2) is 0 Å². The van der Waals surface area contributed by atoms with Crippen molar-refractivity contribution in [2.24, 2.45) is 5.41 Å². The molecule has 0 fully saturated rings. The Morgan fingerprint density at radius 1 is 1.35 bits per heavy atom. The van der Waals surface area contributed by atoms with E-state index in [2.05, 4.69) is 0 Å². The summed E-state index contributed by atoms with van der Waals surface area (Å²) in [4.78, 5) is 25.0. The normalized spacial score (nSPS) is 13.4. The Kier molecular flexibility index (Phi) is 5.31. The van der Waals surface area contributed by atoms with Crippen molar-refractivity contribution in [2.75, 3.05) is 18.6 Å². The molecular weight excluding hydrogens is 254 g/mol. The number of hydrogen-bond donors (Lipinski definition) is 0. The quantitative estimate of drug-likeness (QED) is 0.593. The number of para-hydroxylation sites is 1. The van der Waals surface area contributed by atoms with Crippen LogP contribution in [0.4, 0.5) is 5.69 Å². The second-order valence-corrected chi connectivity index (χ2v) is 5.38. The summed E-state index contributed by atoms with van der Waals surface area (Å²) in [5.41, 5.74) is 2.19. The second-order valence-electron chi connectivity index (χ2n) is 5.38. The van der Waals surface area contributed by atoms with Crippen molar-refractivity contribution in [3.8, 4) is 0 Å². The number of methoxy groups -OCH3 is 1. The average molecular weight is 277 g/mol. The zero-order chi connectivity index (χ0) is 15.3. The monoisotopic (exact) mass is 277 g/mol. The number of amides is 1. The Hall–Kier alpha value is -1.84. The van der Waals surface area contributed by atoms with Gasteiger partial charge in [-0.1, -0.05) is 25.1 Å². The topological polar surface area (TPSA) is 46.6 Å². The van der Waals surface area contributed by atoms with Crippen LogP contribution in [-0.4, -0.2) is 26.0 Å². The van der Waals surface area contributed by atoms with E-state index in [0.717, 1.165) is 23.2 Å². The van der Waals surface area contributed by atoms with Crippen LogP contribution in [0.2, 0.25) is 0 Å². The lowest BCUT2D eigenvalue weighted by Gasteiger charge is -2.32. The minimum atomic E-state index is -0.704. The van der Waals surface area contributed by atoms with Crippen molar-refractivity contribution in [2.45, 2.75) is 34.1 Å². The van der Waals surface area contributed by atoms with Gasteiger partial charge >= 0.3 is 5.97 Å². The maximum Gasteiger partial charge on any atom is 0.313 e. The predicted octanol–water partition coefficient (Wildman–Crippen LogP) is 2.86. The van der Waals surface area contributed by atoms with Gasteiger partial charge in [0.15, 0.2) is 0 Å². The molecule has 0 bridgehead atoms. The van der Waals surface area contributed by atoms with E-state index in [1.807, 2.05) is 45.9 Å². The van der Waals surface area contributed by atoms with Crippen molar-refractivity contribution in [3.05, 3.63) is 29.3 Å². The van der Waals surface area contributed by atoms with Crippen LogP contribution < -0.4 is 4.90 Å². The summed E-state index contributed by atoms with van der Waals surface area (Å²) in [6, 6.07) is 5.87. The molecule has 1 atom stereocenters. The summed E-state index contributed by atoms with van der Waals surface area (Å²) in [5, 5.41) is 0. The molecule has 0 aliphatic carbocycles. The van der Waals surface area contributed by atoms with E-state index in [-0.39, 0.29) is 5.97 Å². The molecule has 20 heavy (non-hydrogen) atoms. The number of ether oxygens (including phenoxy) is 1. The number of hydrogen-bond acceptors (Lipinski definition) is 3. The first-order valence-corrected chi connectivity index (χ1v) is 6.76. The number of nitrogens with zero attached hydrogens (tertiary/aromatic N) is 1. The third kappa shape index (κ3) is 3.18. The number of carbonyl (C=O) groups is 2. The Labute approximate surface area is 120 Å². The lowest BCUT2D eigenvalue weighted by atomic mass is 9.86. The molecule has 110 valence electrons. The largest absolute Gasteiger partial charge is 0.469 e. The summed E-state index contributed by atoms with van der Waals surface area (Å²) in [6.45, 7) is 7.97. The Bertz CT molecular complexity index is 478. The molecule has 0 aliphatic heterocycles. The standard InChI is InChI=1S/C16H23NO3/c1-6-16(4,15(19)20-5)10-17(11-18)14-12(2)8-7-9-13(14)3/h7-9,11H,6,10H2,1-5H3. The van der Waals surface area contributed by atoms with Gasteiger partial charge in [0.2, 0.25) is 6.41 Å². The van der Waals surface area contributed by atoms with Crippen molar-refractivity contribution in [1.82, 2.24) is 0 Å². The maximum absolute atomic E-state index is 12.0. The highest BCUT2D eigenvalue weighted by Gasteiger charge is 2.35. The molecule has 1 unspecified atom stereocenters. The molecule has 0 N–H and O–H groups in total. The Morgan fingerprint density at radius 3 is 2.30 bits per heavy atom. The van der Waals surface area contributed by atoms with E-state index >= 15 is 0 Å². The Morgan fingerprint density at radius 2 is 1.90 bits per heavy atom. The van der Waals surface area contributed by atoms with Gasteiger partial charge in [-0.2, -0.15) is 0 Å². The lowest BCUT2D eigenvalue weighted by Crippen LogP contribution is -2.41. The molecule has 0 heterocycles. The molecule has 0 saturated heterocycles. The molecule has 0 saturated carbocycles. The summed E-state index contributed by atoms with van der Waals surface area (Å²) < 4.78 is 4.87. The van der Waals surface area contributed by atoms with Crippen molar-refractivity contribution >= 4 is 18.1 Å². The number of anilines is 1. The fraction of sp³-hybridized carbons (Fsp3) is 0.500. The van der Waals surface area contributed by atoms with E-state index in [9.17, 15) is 9.59 Å². The summed E-state index contributed by atoms with van der Waals surface area (Å²) >= 11 is 0. The SMILES string of the molecule is CCC(C)(CN(C=O)c1c(C)cccc1C)C(=O)OC. The predicted molar refractivity (Wildman–Crippen MR) is 79.7 cm³/mol. The molecule has 1 aromatic rings. The lowest BCUT2D eigenvalue weighted by molar-refractivity contribution is -0.151. The van der Waals surface area contributed by atoms with E-state index in [0.29, 0.717) is 13.0 Å². The first-order valence-electron chi connectivity index (χ1n) is 6.76. The molecule has 1 amide bonds.